The standard InChI is InChI=1S/C15H18N2O/c1-10-6-7-14(18)15(11(10)2)17-13-5-3-4-12(8-13)9-16/h3-8,17-18H,9,16H2,1-2H3. The van der Waals surface area contributed by atoms with E-state index in [0.717, 1.165) is 28.1 Å². The molecule has 0 aliphatic rings. The lowest BCUT2D eigenvalue weighted by molar-refractivity contribution is 0.477. The minimum absolute atomic E-state index is 0.260. The van der Waals surface area contributed by atoms with Crippen LogP contribution in [-0.4, -0.2) is 5.11 Å². The highest BCUT2D eigenvalue weighted by molar-refractivity contribution is 5.70. The molecular formula is C15H18N2O. The van der Waals surface area contributed by atoms with E-state index in [-0.39, 0.29) is 5.75 Å². The lowest BCUT2D eigenvalue weighted by Crippen LogP contribution is -1.99. The highest BCUT2D eigenvalue weighted by Gasteiger charge is 2.07. The summed E-state index contributed by atoms with van der Waals surface area (Å²) in [7, 11) is 0. The van der Waals surface area contributed by atoms with Crippen molar-refractivity contribution < 1.29 is 5.11 Å². The van der Waals surface area contributed by atoms with Gasteiger partial charge in [-0.05, 0) is 48.7 Å². The van der Waals surface area contributed by atoms with Crippen molar-refractivity contribution in [2.75, 3.05) is 5.32 Å². The lowest BCUT2D eigenvalue weighted by Gasteiger charge is -2.14. The van der Waals surface area contributed by atoms with Crippen molar-refractivity contribution in [1.29, 1.82) is 0 Å². The molecule has 0 spiro atoms. The summed E-state index contributed by atoms with van der Waals surface area (Å²) in [6.07, 6.45) is 0. The van der Waals surface area contributed by atoms with Crippen molar-refractivity contribution >= 4 is 11.4 Å². The molecule has 4 N–H and O–H groups in total. The molecule has 0 aliphatic heterocycles. The monoisotopic (exact) mass is 242 g/mol. The summed E-state index contributed by atoms with van der Waals surface area (Å²) < 4.78 is 0. The molecule has 0 bridgehead atoms. The van der Waals surface area contributed by atoms with Gasteiger partial charge in [-0.15, -0.1) is 0 Å². The molecule has 94 valence electrons. The summed E-state index contributed by atoms with van der Waals surface area (Å²) in [6.45, 7) is 4.52. The van der Waals surface area contributed by atoms with Gasteiger partial charge in [0.25, 0.3) is 0 Å². The van der Waals surface area contributed by atoms with E-state index in [2.05, 4.69) is 5.32 Å². The predicted octanol–water partition coefficient (Wildman–Crippen LogP) is 3.21. The van der Waals surface area contributed by atoms with Crippen molar-refractivity contribution in [3.8, 4) is 5.75 Å². The van der Waals surface area contributed by atoms with E-state index in [1.54, 1.807) is 6.07 Å². The topological polar surface area (TPSA) is 58.3 Å². The molecule has 2 aromatic rings. The molecule has 0 aliphatic carbocycles. The Bertz CT molecular complexity index is 564. The second-order valence-electron chi connectivity index (χ2n) is 4.43. The number of hydrogen-bond donors (Lipinski definition) is 3. The first-order chi connectivity index (χ1) is 8.61. The summed E-state index contributed by atoms with van der Waals surface area (Å²) in [5, 5.41) is 13.2. The molecule has 0 aromatic heterocycles. The fourth-order valence-electron chi connectivity index (χ4n) is 1.88. The highest BCUT2D eigenvalue weighted by Crippen LogP contribution is 2.32. The summed E-state index contributed by atoms with van der Waals surface area (Å²) in [4.78, 5) is 0. The van der Waals surface area contributed by atoms with Crippen molar-refractivity contribution in [2.45, 2.75) is 20.4 Å². The number of phenolic OH excluding ortho intramolecular Hbond substituents is 1. The zero-order valence-electron chi connectivity index (χ0n) is 10.7. The zero-order valence-corrected chi connectivity index (χ0v) is 10.7. The normalized spacial score (nSPS) is 10.4. The maximum absolute atomic E-state index is 9.92. The molecule has 2 aromatic carbocycles. The SMILES string of the molecule is Cc1ccc(O)c(Nc2cccc(CN)c2)c1C. The van der Waals surface area contributed by atoms with Crippen LogP contribution in [0.4, 0.5) is 11.4 Å². The number of phenols is 1. The van der Waals surface area contributed by atoms with Gasteiger partial charge in [0.15, 0.2) is 0 Å². The first kappa shape index (κ1) is 12.5. The number of rotatable bonds is 3. The van der Waals surface area contributed by atoms with E-state index in [1.165, 1.54) is 0 Å². The van der Waals surface area contributed by atoms with E-state index in [4.69, 9.17) is 5.73 Å². The maximum Gasteiger partial charge on any atom is 0.139 e. The predicted molar refractivity (Wildman–Crippen MR) is 75.2 cm³/mol. The highest BCUT2D eigenvalue weighted by atomic mass is 16.3. The summed E-state index contributed by atoms with van der Waals surface area (Å²) >= 11 is 0. The van der Waals surface area contributed by atoms with E-state index in [1.807, 2.05) is 44.2 Å². The Morgan fingerprint density at radius 2 is 1.94 bits per heavy atom. The number of nitrogens with two attached hydrogens (primary N) is 1. The Hall–Kier alpha value is -2.00. The summed E-state index contributed by atoms with van der Waals surface area (Å²) in [5.41, 5.74) is 10.6. The third-order valence-electron chi connectivity index (χ3n) is 3.15. The summed E-state index contributed by atoms with van der Waals surface area (Å²) in [6, 6.07) is 11.5. The van der Waals surface area contributed by atoms with E-state index < -0.39 is 0 Å². The van der Waals surface area contributed by atoms with Gasteiger partial charge in [0.05, 0.1) is 5.69 Å². The van der Waals surface area contributed by atoms with Gasteiger partial charge >= 0.3 is 0 Å². The number of aryl methyl sites for hydroxylation is 1. The fraction of sp³-hybridized carbons (Fsp3) is 0.200. The Morgan fingerprint density at radius 3 is 2.67 bits per heavy atom. The van der Waals surface area contributed by atoms with Crippen LogP contribution in [-0.2, 0) is 6.54 Å². The number of hydrogen-bond acceptors (Lipinski definition) is 3. The van der Waals surface area contributed by atoms with Gasteiger partial charge in [0.1, 0.15) is 5.75 Å². The van der Waals surface area contributed by atoms with Crippen LogP contribution in [0.1, 0.15) is 16.7 Å². The number of benzene rings is 2. The van der Waals surface area contributed by atoms with Crippen LogP contribution in [0.5, 0.6) is 5.75 Å². The molecule has 3 heteroatoms. The molecule has 0 unspecified atom stereocenters. The fourth-order valence-corrected chi connectivity index (χ4v) is 1.88. The average molecular weight is 242 g/mol. The molecule has 0 atom stereocenters. The molecule has 0 saturated heterocycles. The largest absolute Gasteiger partial charge is 0.506 e. The molecular weight excluding hydrogens is 224 g/mol. The maximum atomic E-state index is 9.92. The number of anilines is 2. The Kier molecular flexibility index (Phi) is 3.53. The first-order valence-corrected chi connectivity index (χ1v) is 5.97. The molecule has 0 saturated carbocycles. The third kappa shape index (κ3) is 2.46. The van der Waals surface area contributed by atoms with E-state index in [9.17, 15) is 5.11 Å². The molecule has 0 radical (unpaired) electrons. The van der Waals surface area contributed by atoms with Crippen LogP contribution in [0.2, 0.25) is 0 Å². The van der Waals surface area contributed by atoms with Gasteiger partial charge in [-0.25, -0.2) is 0 Å². The van der Waals surface area contributed by atoms with E-state index >= 15 is 0 Å². The molecule has 0 amide bonds. The lowest BCUT2D eigenvalue weighted by atomic mass is 10.1. The summed E-state index contributed by atoms with van der Waals surface area (Å²) in [5.74, 6) is 0.260. The molecule has 3 nitrogen and oxygen atoms in total. The van der Waals surface area contributed by atoms with Crippen molar-refractivity contribution in [3.63, 3.8) is 0 Å². The van der Waals surface area contributed by atoms with Crippen LogP contribution in [0.25, 0.3) is 0 Å². The van der Waals surface area contributed by atoms with Crippen LogP contribution in [0.3, 0.4) is 0 Å². The third-order valence-corrected chi connectivity index (χ3v) is 3.15. The Morgan fingerprint density at radius 1 is 1.17 bits per heavy atom. The van der Waals surface area contributed by atoms with Gasteiger partial charge in [-0.1, -0.05) is 18.2 Å². The first-order valence-electron chi connectivity index (χ1n) is 5.97. The van der Waals surface area contributed by atoms with Gasteiger partial charge in [0, 0.05) is 12.2 Å². The van der Waals surface area contributed by atoms with Crippen LogP contribution in [0, 0.1) is 13.8 Å². The van der Waals surface area contributed by atoms with Gasteiger partial charge in [0.2, 0.25) is 0 Å². The van der Waals surface area contributed by atoms with Gasteiger partial charge < -0.3 is 16.2 Å². The van der Waals surface area contributed by atoms with Crippen molar-refractivity contribution in [2.24, 2.45) is 5.73 Å². The zero-order chi connectivity index (χ0) is 13.1. The Balaban J connectivity index is 2.36. The minimum Gasteiger partial charge on any atom is -0.506 e. The molecule has 2 rings (SSSR count). The van der Waals surface area contributed by atoms with E-state index in [0.29, 0.717) is 6.54 Å². The van der Waals surface area contributed by atoms with Gasteiger partial charge in [-0.3, -0.25) is 0 Å². The second kappa shape index (κ2) is 5.10. The van der Waals surface area contributed by atoms with Gasteiger partial charge in [-0.2, -0.15) is 0 Å². The quantitative estimate of drug-likeness (QED) is 0.724. The van der Waals surface area contributed by atoms with Crippen molar-refractivity contribution in [1.82, 2.24) is 0 Å². The molecule has 0 heterocycles. The van der Waals surface area contributed by atoms with Crippen LogP contribution < -0.4 is 11.1 Å². The second-order valence-corrected chi connectivity index (χ2v) is 4.43. The van der Waals surface area contributed by atoms with Crippen LogP contribution in [0.15, 0.2) is 36.4 Å². The van der Waals surface area contributed by atoms with Crippen molar-refractivity contribution in [3.05, 3.63) is 53.1 Å². The minimum atomic E-state index is 0.260. The Labute approximate surface area is 107 Å². The number of nitrogens with one attached hydrogen (secondary N) is 1. The average Bonchev–Trinajstić information content (AvgIpc) is 2.39. The molecule has 18 heavy (non-hydrogen) atoms. The smallest absolute Gasteiger partial charge is 0.139 e. The number of aromatic hydroxyl groups is 1. The van der Waals surface area contributed by atoms with Crippen LogP contribution >= 0.6 is 0 Å². The molecule has 0 fully saturated rings.